The highest BCUT2D eigenvalue weighted by Gasteiger charge is 2.19. The fourth-order valence-electron chi connectivity index (χ4n) is 3.05. The number of likely N-dealkylation sites (tertiary alicyclic amines) is 1. The molecule has 22 heavy (non-hydrogen) atoms. The summed E-state index contributed by atoms with van der Waals surface area (Å²) in [5.74, 6) is 0.948. The molecule has 2 rings (SSSR count). The lowest BCUT2D eigenvalue weighted by Gasteiger charge is -2.25. The number of carbonyl (C=O) groups is 1. The van der Waals surface area contributed by atoms with E-state index in [4.69, 9.17) is 0 Å². The lowest BCUT2D eigenvalue weighted by atomic mass is 10.1. The number of hydrogen-bond donors (Lipinski definition) is 1. The molecule has 1 aliphatic heterocycles. The predicted octanol–water partition coefficient (Wildman–Crippen LogP) is 2.13. The van der Waals surface area contributed by atoms with Gasteiger partial charge in [0, 0.05) is 6.54 Å². The number of aryl methyl sites for hydroxylation is 1. The molecule has 1 N–H and O–H groups in total. The van der Waals surface area contributed by atoms with Crippen molar-refractivity contribution >= 4 is 5.91 Å². The van der Waals surface area contributed by atoms with Crippen molar-refractivity contribution in [2.45, 2.75) is 65.0 Å². The van der Waals surface area contributed by atoms with E-state index in [1.807, 2.05) is 11.6 Å². The van der Waals surface area contributed by atoms with Crippen LogP contribution in [0.1, 0.15) is 64.2 Å². The summed E-state index contributed by atoms with van der Waals surface area (Å²) < 4.78 is 1.85. The van der Waals surface area contributed by atoms with Gasteiger partial charge < -0.3 is 5.32 Å². The van der Waals surface area contributed by atoms with Gasteiger partial charge >= 0.3 is 0 Å². The quantitative estimate of drug-likeness (QED) is 0.874. The zero-order chi connectivity index (χ0) is 15.8. The monoisotopic (exact) mass is 307 g/mol. The Balaban J connectivity index is 1.88. The van der Waals surface area contributed by atoms with Crippen molar-refractivity contribution in [1.29, 1.82) is 0 Å². The molecule has 1 unspecified atom stereocenters. The molecule has 0 spiro atoms. The standard InChI is InChI=1S/C16H29N5O/c1-3-14(16-17-13-18-21(16)4-2)19-15(22)12-20-10-8-6-5-7-9-11-20/h13-14H,3-12H2,1-2H3,(H,19,22). The summed E-state index contributed by atoms with van der Waals surface area (Å²) >= 11 is 0. The number of hydrogen-bond acceptors (Lipinski definition) is 4. The van der Waals surface area contributed by atoms with Crippen LogP contribution >= 0.6 is 0 Å². The Kier molecular flexibility index (Phi) is 6.83. The maximum absolute atomic E-state index is 12.4. The zero-order valence-corrected chi connectivity index (χ0v) is 13.9. The molecule has 1 saturated heterocycles. The first-order valence-corrected chi connectivity index (χ1v) is 8.64. The van der Waals surface area contributed by atoms with Crippen molar-refractivity contribution in [2.24, 2.45) is 0 Å². The van der Waals surface area contributed by atoms with E-state index in [1.165, 1.54) is 32.1 Å². The van der Waals surface area contributed by atoms with Crippen LogP contribution in [0.3, 0.4) is 0 Å². The lowest BCUT2D eigenvalue weighted by Crippen LogP contribution is -2.40. The zero-order valence-electron chi connectivity index (χ0n) is 13.9. The molecule has 0 aromatic carbocycles. The van der Waals surface area contributed by atoms with Crippen molar-refractivity contribution in [1.82, 2.24) is 25.0 Å². The van der Waals surface area contributed by atoms with Gasteiger partial charge in [-0.3, -0.25) is 9.69 Å². The molecule has 6 nitrogen and oxygen atoms in total. The van der Waals surface area contributed by atoms with E-state index in [9.17, 15) is 4.79 Å². The Morgan fingerprint density at radius 2 is 1.91 bits per heavy atom. The molecule has 1 fully saturated rings. The molecule has 0 aliphatic carbocycles. The summed E-state index contributed by atoms with van der Waals surface area (Å²) in [7, 11) is 0. The highest BCUT2D eigenvalue weighted by atomic mass is 16.2. The van der Waals surface area contributed by atoms with Gasteiger partial charge in [0.25, 0.3) is 0 Å². The largest absolute Gasteiger partial charge is 0.345 e. The Hall–Kier alpha value is -1.43. The van der Waals surface area contributed by atoms with Crippen LogP contribution in [0.2, 0.25) is 0 Å². The van der Waals surface area contributed by atoms with Crippen LogP contribution in [0.4, 0.5) is 0 Å². The second-order valence-corrected chi connectivity index (χ2v) is 6.01. The van der Waals surface area contributed by atoms with E-state index in [-0.39, 0.29) is 11.9 Å². The van der Waals surface area contributed by atoms with Crippen LogP contribution in [0.25, 0.3) is 0 Å². The fraction of sp³-hybridized carbons (Fsp3) is 0.812. The second-order valence-electron chi connectivity index (χ2n) is 6.01. The minimum absolute atomic E-state index is 0.0512. The summed E-state index contributed by atoms with van der Waals surface area (Å²) in [4.78, 5) is 19.0. The summed E-state index contributed by atoms with van der Waals surface area (Å²) in [6.07, 6.45) is 8.70. The van der Waals surface area contributed by atoms with Gasteiger partial charge in [0.15, 0.2) is 0 Å². The van der Waals surface area contributed by atoms with Crippen LogP contribution in [0.15, 0.2) is 6.33 Å². The molecule has 2 heterocycles. The van der Waals surface area contributed by atoms with Crippen LogP contribution in [0.5, 0.6) is 0 Å². The van der Waals surface area contributed by atoms with Gasteiger partial charge in [-0.25, -0.2) is 9.67 Å². The first kappa shape index (κ1) is 16.9. The fourth-order valence-corrected chi connectivity index (χ4v) is 3.05. The topological polar surface area (TPSA) is 63.1 Å². The molecule has 0 radical (unpaired) electrons. The summed E-state index contributed by atoms with van der Waals surface area (Å²) in [5, 5.41) is 7.32. The van der Waals surface area contributed by atoms with Crippen molar-refractivity contribution in [3.63, 3.8) is 0 Å². The molecular weight excluding hydrogens is 278 g/mol. The third kappa shape index (κ3) is 4.80. The molecule has 0 bridgehead atoms. The number of amides is 1. The molecule has 1 atom stereocenters. The Morgan fingerprint density at radius 1 is 1.23 bits per heavy atom. The van der Waals surface area contributed by atoms with Crippen LogP contribution < -0.4 is 5.32 Å². The van der Waals surface area contributed by atoms with E-state index in [0.29, 0.717) is 6.54 Å². The highest BCUT2D eigenvalue weighted by molar-refractivity contribution is 5.78. The van der Waals surface area contributed by atoms with E-state index in [1.54, 1.807) is 6.33 Å². The minimum atomic E-state index is -0.0512. The van der Waals surface area contributed by atoms with Crippen molar-refractivity contribution < 1.29 is 4.79 Å². The number of nitrogens with zero attached hydrogens (tertiary/aromatic N) is 4. The van der Waals surface area contributed by atoms with Gasteiger partial charge in [-0.2, -0.15) is 5.10 Å². The lowest BCUT2D eigenvalue weighted by molar-refractivity contribution is -0.123. The first-order valence-electron chi connectivity index (χ1n) is 8.64. The Labute approximate surface area is 133 Å². The second kappa shape index (κ2) is 8.88. The Bertz CT molecular complexity index is 451. The number of aromatic nitrogens is 3. The predicted molar refractivity (Wildman–Crippen MR) is 86.4 cm³/mol. The number of rotatable bonds is 6. The van der Waals surface area contributed by atoms with E-state index in [2.05, 4.69) is 27.2 Å². The maximum atomic E-state index is 12.4. The third-order valence-corrected chi connectivity index (χ3v) is 4.32. The van der Waals surface area contributed by atoms with Gasteiger partial charge in [-0.05, 0) is 39.3 Å². The molecule has 1 aromatic rings. The molecule has 6 heteroatoms. The smallest absolute Gasteiger partial charge is 0.234 e. The summed E-state index contributed by atoms with van der Waals surface area (Å²) in [6, 6.07) is -0.0512. The first-order chi connectivity index (χ1) is 10.7. The molecule has 1 aliphatic rings. The Morgan fingerprint density at radius 3 is 2.55 bits per heavy atom. The molecular formula is C16H29N5O. The van der Waals surface area contributed by atoms with E-state index in [0.717, 1.165) is 31.9 Å². The van der Waals surface area contributed by atoms with Gasteiger partial charge in [0.2, 0.25) is 5.91 Å². The van der Waals surface area contributed by atoms with Gasteiger partial charge in [0.05, 0.1) is 12.6 Å². The maximum Gasteiger partial charge on any atom is 0.234 e. The molecule has 1 amide bonds. The van der Waals surface area contributed by atoms with E-state index >= 15 is 0 Å². The van der Waals surface area contributed by atoms with Crippen molar-refractivity contribution in [3.05, 3.63) is 12.2 Å². The van der Waals surface area contributed by atoms with Gasteiger partial charge in [-0.1, -0.05) is 26.2 Å². The number of nitrogens with one attached hydrogen (secondary N) is 1. The summed E-state index contributed by atoms with van der Waals surface area (Å²) in [5.41, 5.74) is 0. The molecule has 1 aromatic heterocycles. The number of carbonyl (C=O) groups excluding carboxylic acids is 1. The minimum Gasteiger partial charge on any atom is -0.345 e. The third-order valence-electron chi connectivity index (χ3n) is 4.32. The van der Waals surface area contributed by atoms with Crippen molar-refractivity contribution in [3.8, 4) is 0 Å². The molecule has 124 valence electrons. The van der Waals surface area contributed by atoms with Gasteiger partial charge in [-0.15, -0.1) is 0 Å². The summed E-state index contributed by atoms with van der Waals surface area (Å²) in [6.45, 7) is 7.44. The SMILES string of the molecule is CCC(NC(=O)CN1CCCCCCC1)c1ncnn1CC. The van der Waals surface area contributed by atoms with Crippen LogP contribution in [0, 0.1) is 0 Å². The average Bonchev–Trinajstić information content (AvgIpc) is 2.95. The van der Waals surface area contributed by atoms with Crippen LogP contribution in [-0.2, 0) is 11.3 Å². The molecule has 0 saturated carbocycles. The van der Waals surface area contributed by atoms with E-state index < -0.39 is 0 Å². The van der Waals surface area contributed by atoms with Gasteiger partial charge in [0.1, 0.15) is 12.2 Å². The van der Waals surface area contributed by atoms with Crippen LogP contribution in [-0.4, -0.2) is 45.2 Å². The average molecular weight is 307 g/mol. The highest BCUT2D eigenvalue weighted by Crippen LogP contribution is 2.14. The van der Waals surface area contributed by atoms with Crippen molar-refractivity contribution in [2.75, 3.05) is 19.6 Å². The normalized spacial score (nSPS) is 18.5.